The first-order valence-corrected chi connectivity index (χ1v) is 11.9. The lowest BCUT2D eigenvalue weighted by atomic mass is 10.1. The van der Waals surface area contributed by atoms with Crippen LogP contribution in [-0.2, 0) is 9.84 Å². The molecule has 1 amide bonds. The Balaban J connectivity index is 1.70. The van der Waals surface area contributed by atoms with E-state index in [0.29, 0.717) is 18.2 Å². The molecule has 1 N–H and O–H groups in total. The first-order chi connectivity index (χ1) is 15.2. The lowest BCUT2D eigenvalue weighted by Crippen LogP contribution is -2.34. The zero-order valence-electron chi connectivity index (χ0n) is 18.0. The fourth-order valence-electron chi connectivity index (χ4n) is 3.14. The number of sulfone groups is 1. The Morgan fingerprint density at radius 3 is 2.31 bits per heavy atom. The molecule has 0 radical (unpaired) electrons. The first-order valence-electron chi connectivity index (χ1n) is 10.00. The Morgan fingerprint density at radius 2 is 1.72 bits per heavy atom. The molecule has 0 aliphatic rings. The van der Waals surface area contributed by atoms with E-state index >= 15 is 0 Å². The fourth-order valence-corrected chi connectivity index (χ4v) is 4.44. The number of carbonyl (C=O) groups excluding carboxylic acids is 1. The van der Waals surface area contributed by atoms with Crippen LogP contribution in [0.25, 0.3) is 0 Å². The van der Waals surface area contributed by atoms with Crippen LogP contribution < -0.4 is 10.1 Å². The van der Waals surface area contributed by atoms with Gasteiger partial charge in [0.05, 0.1) is 17.5 Å². The van der Waals surface area contributed by atoms with Gasteiger partial charge < -0.3 is 19.4 Å². The summed E-state index contributed by atoms with van der Waals surface area (Å²) >= 11 is 5.82. The SMILES string of the molecule is CCOc1ccc(C(CNC(=O)c2ccc(S(=O)(=O)c3ccc(Cl)cc3)o2)N(C)C)cc1. The molecule has 0 saturated heterocycles. The van der Waals surface area contributed by atoms with E-state index in [1.807, 2.05) is 50.2 Å². The van der Waals surface area contributed by atoms with Crippen molar-refractivity contribution < 1.29 is 22.4 Å². The minimum absolute atomic E-state index is 0.0337. The van der Waals surface area contributed by atoms with Gasteiger partial charge in [-0.3, -0.25) is 4.79 Å². The number of ether oxygens (including phenoxy) is 1. The highest BCUT2D eigenvalue weighted by Crippen LogP contribution is 2.25. The number of amides is 1. The van der Waals surface area contributed by atoms with E-state index in [1.165, 1.54) is 36.4 Å². The van der Waals surface area contributed by atoms with Gasteiger partial charge >= 0.3 is 0 Å². The quantitative estimate of drug-likeness (QED) is 0.498. The number of hydrogen-bond acceptors (Lipinski definition) is 6. The van der Waals surface area contributed by atoms with Gasteiger partial charge in [0.1, 0.15) is 5.75 Å². The number of furan rings is 1. The Hall–Kier alpha value is -2.81. The predicted octanol–water partition coefficient (Wildman–Crippen LogP) is 4.20. The summed E-state index contributed by atoms with van der Waals surface area (Å²) in [5, 5.41) is 2.93. The predicted molar refractivity (Wildman–Crippen MR) is 122 cm³/mol. The van der Waals surface area contributed by atoms with Crippen molar-refractivity contribution in [3.63, 3.8) is 0 Å². The second-order valence-corrected chi connectivity index (χ2v) is 9.58. The Bertz CT molecular complexity index is 1160. The first kappa shape index (κ1) is 23.8. The molecule has 0 aliphatic heterocycles. The smallest absolute Gasteiger partial charge is 0.287 e. The highest BCUT2D eigenvalue weighted by atomic mass is 35.5. The van der Waals surface area contributed by atoms with Gasteiger partial charge in [0.25, 0.3) is 5.91 Å². The summed E-state index contributed by atoms with van der Waals surface area (Å²) < 4.78 is 36.3. The fraction of sp³-hybridized carbons (Fsp3) is 0.261. The maximum atomic E-state index is 12.7. The summed E-state index contributed by atoms with van der Waals surface area (Å²) in [6.07, 6.45) is 0. The van der Waals surface area contributed by atoms with Gasteiger partial charge in [0.2, 0.25) is 14.9 Å². The van der Waals surface area contributed by atoms with E-state index in [9.17, 15) is 13.2 Å². The molecule has 9 heteroatoms. The minimum atomic E-state index is -3.89. The Morgan fingerprint density at radius 1 is 1.06 bits per heavy atom. The van der Waals surface area contributed by atoms with Crippen molar-refractivity contribution in [2.75, 3.05) is 27.2 Å². The minimum Gasteiger partial charge on any atom is -0.494 e. The van der Waals surface area contributed by atoms with Crippen molar-refractivity contribution >= 4 is 27.3 Å². The molecule has 1 atom stereocenters. The molecule has 0 aliphatic carbocycles. The molecule has 0 bridgehead atoms. The number of benzene rings is 2. The maximum Gasteiger partial charge on any atom is 0.287 e. The van der Waals surface area contributed by atoms with Crippen molar-refractivity contribution in [2.45, 2.75) is 23.0 Å². The summed E-state index contributed by atoms with van der Waals surface area (Å²) in [5.41, 5.74) is 1.00. The van der Waals surface area contributed by atoms with Crippen LogP contribution in [0.5, 0.6) is 5.75 Å². The van der Waals surface area contributed by atoms with Crippen molar-refractivity contribution in [1.82, 2.24) is 10.2 Å². The molecule has 1 heterocycles. The molecule has 170 valence electrons. The normalized spacial score (nSPS) is 12.5. The zero-order chi connectivity index (χ0) is 23.3. The summed E-state index contributed by atoms with van der Waals surface area (Å²) in [6.45, 7) is 2.82. The van der Waals surface area contributed by atoms with Crippen molar-refractivity contribution in [3.05, 3.63) is 77.0 Å². The van der Waals surface area contributed by atoms with Crippen LogP contribution in [0.2, 0.25) is 5.02 Å². The molecule has 3 rings (SSSR count). The van der Waals surface area contributed by atoms with E-state index in [4.69, 9.17) is 20.8 Å². The van der Waals surface area contributed by atoms with Crippen LogP contribution in [0.3, 0.4) is 0 Å². The number of nitrogens with zero attached hydrogens (tertiary/aromatic N) is 1. The van der Waals surface area contributed by atoms with Crippen LogP contribution in [0.4, 0.5) is 0 Å². The topological polar surface area (TPSA) is 88.8 Å². The number of rotatable bonds is 9. The highest BCUT2D eigenvalue weighted by Gasteiger charge is 2.24. The third-order valence-electron chi connectivity index (χ3n) is 4.85. The van der Waals surface area contributed by atoms with E-state index < -0.39 is 15.7 Å². The van der Waals surface area contributed by atoms with E-state index in [2.05, 4.69) is 5.32 Å². The summed E-state index contributed by atoms with van der Waals surface area (Å²) in [4.78, 5) is 14.6. The van der Waals surface area contributed by atoms with Crippen molar-refractivity contribution in [3.8, 4) is 5.75 Å². The second-order valence-electron chi connectivity index (χ2n) is 7.27. The molecular weight excluding hydrogens is 452 g/mol. The van der Waals surface area contributed by atoms with Gasteiger partial charge in [-0.25, -0.2) is 8.42 Å². The van der Waals surface area contributed by atoms with E-state index in [-0.39, 0.29) is 21.8 Å². The number of halogens is 1. The average molecular weight is 477 g/mol. The van der Waals surface area contributed by atoms with Crippen molar-refractivity contribution in [1.29, 1.82) is 0 Å². The molecular formula is C23H25ClN2O5S. The third-order valence-corrected chi connectivity index (χ3v) is 6.74. The van der Waals surface area contributed by atoms with Crippen LogP contribution in [0.1, 0.15) is 29.1 Å². The van der Waals surface area contributed by atoms with Gasteiger partial charge in [-0.2, -0.15) is 0 Å². The highest BCUT2D eigenvalue weighted by molar-refractivity contribution is 7.91. The Labute approximate surface area is 192 Å². The lowest BCUT2D eigenvalue weighted by molar-refractivity contribution is 0.0908. The molecule has 1 aromatic heterocycles. The monoisotopic (exact) mass is 476 g/mol. The summed E-state index contributed by atoms with van der Waals surface area (Å²) in [5.74, 6) is 0.199. The number of nitrogens with one attached hydrogen (secondary N) is 1. The van der Waals surface area contributed by atoms with Gasteiger partial charge in [-0.15, -0.1) is 0 Å². The number of likely N-dealkylation sites (N-methyl/N-ethyl adjacent to an activating group) is 1. The van der Waals surface area contributed by atoms with Gasteiger partial charge in [0.15, 0.2) is 5.76 Å². The van der Waals surface area contributed by atoms with Crippen LogP contribution >= 0.6 is 11.6 Å². The van der Waals surface area contributed by atoms with E-state index in [1.54, 1.807) is 0 Å². The standard InChI is InChI=1S/C23H25ClN2O5S/c1-4-30-18-9-5-16(6-10-18)20(26(2)3)15-25-23(27)21-13-14-22(31-21)32(28,29)19-11-7-17(24)8-12-19/h5-14,20H,4,15H2,1-3H3,(H,25,27). The lowest BCUT2D eigenvalue weighted by Gasteiger charge is -2.25. The maximum absolute atomic E-state index is 12.7. The van der Waals surface area contributed by atoms with Gasteiger partial charge in [-0.1, -0.05) is 23.7 Å². The Kier molecular flexibility index (Phi) is 7.60. The number of hydrogen-bond donors (Lipinski definition) is 1. The van der Waals surface area contributed by atoms with E-state index in [0.717, 1.165) is 11.3 Å². The molecule has 1 unspecified atom stereocenters. The molecule has 0 fully saturated rings. The molecule has 0 spiro atoms. The molecule has 3 aromatic rings. The van der Waals surface area contributed by atoms with Crippen LogP contribution in [0, 0.1) is 0 Å². The summed E-state index contributed by atoms with van der Waals surface area (Å²) in [7, 11) is -0.0631. The molecule has 2 aromatic carbocycles. The van der Waals surface area contributed by atoms with Gasteiger partial charge in [0, 0.05) is 11.6 Å². The van der Waals surface area contributed by atoms with Crippen LogP contribution in [-0.4, -0.2) is 46.5 Å². The second kappa shape index (κ2) is 10.2. The molecule has 32 heavy (non-hydrogen) atoms. The van der Waals surface area contributed by atoms with Gasteiger partial charge in [-0.05, 0) is 75.1 Å². The average Bonchev–Trinajstić information content (AvgIpc) is 3.26. The summed E-state index contributed by atoms with van der Waals surface area (Å²) in [6, 6.07) is 15.9. The zero-order valence-corrected chi connectivity index (χ0v) is 19.6. The molecule has 0 saturated carbocycles. The number of carbonyl (C=O) groups is 1. The van der Waals surface area contributed by atoms with Crippen LogP contribution in [0.15, 0.2) is 75.1 Å². The molecule has 7 nitrogen and oxygen atoms in total. The van der Waals surface area contributed by atoms with Crippen molar-refractivity contribution in [2.24, 2.45) is 0 Å². The largest absolute Gasteiger partial charge is 0.494 e. The third kappa shape index (κ3) is 5.51.